The maximum absolute atomic E-state index is 12.6. The number of hydrogen-bond donors (Lipinski definition) is 2. The number of ether oxygens (including phenoxy) is 1. The average molecular weight is 277 g/mol. The number of methoxy groups -OCH3 is 1. The highest BCUT2D eigenvalue weighted by Crippen LogP contribution is 2.44. The Morgan fingerprint density at radius 1 is 1.50 bits per heavy atom. The van der Waals surface area contributed by atoms with E-state index in [1.54, 1.807) is 7.11 Å². The zero-order valence-corrected chi connectivity index (χ0v) is 12.2. The lowest BCUT2D eigenvalue weighted by Crippen LogP contribution is -2.53. The number of aliphatic hydroxyl groups is 1. The topological polar surface area (TPSA) is 58.6 Å². The number of rotatable bonds is 6. The maximum atomic E-state index is 12.6. The van der Waals surface area contributed by atoms with Crippen molar-refractivity contribution in [2.24, 2.45) is 0 Å². The largest absolute Gasteiger partial charge is 0.394 e. The molecule has 2 N–H and O–H groups in total. The Kier molecular flexibility index (Phi) is 4.78. The summed E-state index contributed by atoms with van der Waals surface area (Å²) in [5.41, 5.74) is 1.82. The zero-order chi connectivity index (χ0) is 14.6. The predicted octanol–water partition coefficient (Wildman–Crippen LogP) is 1.54. The van der Waals surface area contributed by atoms with Crippen molar-refractivity contribution in [2.45, 2.75) is 37.6 Å². The Bertz CT molecular complexity index is 469. The number of amides is 1. The molecule has 1 aliphatic carbocycles. The van der Waals surface area contributed by atoms with Gasteiger partial charge in [0.25, 0.3) is 0 Å². The number of carbonyl (C=O) groups is 1. The molecule has 1 atom stereocenters. The van der Waals surface area contributed by atoms with Crippen LogP contribution in [0.25, 0.3) is 0 Å². The second-order valence-corrected chi connectivity index (χ2v) is 5.61. The monoisotopic (exact) mass is 277 g/mol. The van der Waals surface area contributed by atoms with Gasteiger partial charge in [-0.2, -0.15) is 0 Å². The summed E-state index contributed by atoms with van der Waals surface area (Å²) in [6.45, 7) is 2.25. The van der Waals surface area contributed by atoms with E-state index in [4.69, 9.17) is 4.74 Å². The first-order chi connectivity index (χ1) is 9.62. The molecule has 4 heteroatoms. The Hall–Kier alpha value is -1.39. The van der Waals surface area contributed by atoms with Gasteiger partial charge in [0, 0.05) is 7.11 Å². The van der Waals surface area contributed by atoms with Crippen molar-refractivity contribution in [2.75, 3.05) is 20.3 Å². The van der Waals surface area contributed by atoms with Crippen LogP contribution in [0.2, 0.25) is 0 Å². The van der Waals surface area contributed by atoms with E-state index in [1.807, 2.05) is 25.1 Å². The first-order valence-corrected chi connectivity index (χ1v) is 7.10. The van der Waals surface area contributed by atoms with Gasteiger partial charge in [-0.15, -0.1) is 0 Å². The molecule has 0 saturated heterocycles. The number of carbonyl (C=O) groups excluding carboxylic acids is 1. The van der Waals surface area contributed by atoms with Gasteiger partial charge in [0.2, 0.25) is 5.91 Å². The molecular weight excluding hydrogens is 254 g/mol. The Labute approximate surface area is 120 Å². The summed E-state index contributed by atoms with van der Waals surface area (Å²) in [5, 5.41) is 12.2. The Morgan fingerprint density at radius 3 is 2.75 bits per heavy atom. The third-order valence-electron chi connectivity index (χ3n) is 4.14. The average Bonchev–Trinajstić information content (AvgIpc) is 2.37. The highest BCUT2D eigenvalue weighted by atomic mass is 16.5. The van der Waals surface area contributed by atoms with Crippen molar-refractivity contribution >= 4 is 5.91 Å². The standard InChI is InChI=1S/C16H23NO3/c1-12-5-3-6-13(9-12)16(7-4-8-16)15(19)17-14(10-18)11-20-2/h3,5-6,9,14,18H,4,7-8,10-11H2,1-2H3,(H,17,19). The fourth-order valence-electron chi connectivity index (χ4n) is 2.78. The predicted molar refractivity (Wildman–Crippen MR) is 77.6 cm³/mol. The SMILES string of the molecule is COCC(CO)NC(=O)C1(c2cccc(C)c2)CCC1. The van der Waals surface area contributed by atoms with E-state index in [1.165, 1.54) is 0 Å². The molecule has 0 aromatic heterocycles. The van der Waals surface area contributed by atoms with Crippen LogP contribution in [0.15, 0.2) is 24.3 Å². The second kappa shape index (κ2) is 6.37. The van der Waals surface area contributed by atoms with Gasteiger partial charge in [-0.1, -0.05) is 36.2 Å². The van der Waals surface area contributed by atoms with Gasteiger partial charge in [-0.25, -0.2) is 0 Å². The van der Waals surface area contributed by atoms with Crippen LogP contribution in [0.4, 0.5) is 0 Å². The number of nitrogens with one attached hydrogen (secondary N) is 1. The summed E-state index contributed by atoms with van der Waals surface area (Å²) in [4.78, 5) is 12.6. The third kappa shape index (κ3) is 2.86. The summed E-state index contributed by atoms with van der Waals surface area (Å²) < 4.78 is 5.01. The van der Waals surface area contributed by atoms with Gasteiger partial charge in [0.15, 0.2) is 0 Å². The van der Waals surface area contributed by atoms with E-state index >= 15 is 0 Å². The fraction of sp³-hybridized carbons (Fsp3) is 0.562. The van der Waals surface area contributed by atoms with Crippen LogP contribution < -0.4 is 5.32 Å². The maximum Gasteiger partial charge on any atom is 0.231 e. The normalized spacial score (nSPS) is 18.1. The van der Waals surface area contributed by atoms with Crippen LogP contribution in [0.1, 0.15) is 30.4 Å². The summed E-state index contributed by atoms with van der Waals surface area (Å²) in [6, 6.07) is 7.81. The lowest BCUT2D eigenvalue weighted by Gasteiger charge is -2.41. The van der Waals surface area contributed by atoms with Crippen LogP contribution in [0, 0.1) is 6.92 Å². The zero-order valence-electron chi connectivity index (χ0n) is 12.2. The van der Waals surface area contributed by atoms with Crippen LogP contribution in [-0.4, -0.2) is 37.4 Å². The first kappa shape index (κ1) is 15.0. The van der Waals surface area contributed by atoms with Gasteiger partial charge in [0.05, 0.1) is 24.7 Å². The molecule has 1 aromatic rings. The van der Waals surface area contributed by atoms with E-state index in [0.29, 0.717) is 6.61 Å². The minimum Gasteiger partial charge on any atom is -0.394 e. The quantitative estimate of drug-likeness (QED) is 0.829. The van der Waals surface area contributed by atoms with Crippen LogP contribution >= 0.6 is 0 Å². The number of benzene rings is 1. The molecule has 1 aromatic carbocycles. The second-order valence-electron chi connectivity index (χ2n) is 5.61. The molecule has 0 bridgehead atoms. The van der Waals surface area contributed by atoms with E-state index in [0.717, 1.165) is 30.4 Å². The fourth-order valence-corrected chi connectivity index (χ4v) is 2.78. The van der Waals surface area contributed by atoms with Crippen molar-refractivity contribution in [3.63, 3.8) is 0 Å². The molecule has 0 radical (unpaired) electrons. The van der Waals surface area contributed by atoms with Crippen LogP contribution in [0.5, 0.6) is 0 Å². The molecule has 4 nitrogen and oxygen atoms in total. The first-order valence-electron chi connectivity index (χ1n) is 7.10. The molecule has 110 valence electrons. The van der Waals surface area contributed by atoms with Crippen LogP contribution in [0.3, 0.4) is 0 Å². The van der Waals surface area contributed by atoms with E-state index in [-0.39, 0.29) is 18.6 Å². The molecule has 1 aliphatic rings. The molecule has 2 rings (SSSR count). The number of aliphatic hydroxyl groups excluding tert-OH is 1. The van der Waals surface area contributed by atoms with Gasteiger partial charge >= 0.3 is 0 Å². The van der Waals surface area contributed by atoms with Crippen molar-refractivity contribution < 1.29 is 14.6 Å². The van der Waals surface area contributed by atoms with Gasteiger partial charge < -0.3 is 15.2 Å². The van der Waals surface area contributed by atoms with E-state index in [2.05, 4.69) is 11.4 Å². The molecule has 0 aliphatic heterocycles. The smallest absolute Gasteiger partial charge is 0.231 e. The molecule has 1 amide bonds. The molecule has 1 saturated carbocycles. The lowest BCUT2D eigenvalue weighted by molar-refractivity contribution is -0.131. The number of hydrogen-bond acceptors (Lipinski definition) is 3. The molecule has 1 fully saturated rings. The third-order valence-corrected chi connectivity index (χ3v) is 4.14. The lowest BCUT2D eigenvalue weighted by atomic mass is 9.63. The van der Waals surface area contributed by atoms with Gasteiger partial charge in [-0.05, 0) is 25.3 Å². The summed E-state index contributed by atoms with van der Waals surface area (Å²) >= 11 is 0. The number of aryl methyl sites for hydroxylation is 1. The minimum atomic E-state index is -0.423. The minimum absolute atomic E-state index is 0.00505. The Morgan fingerprint density at radius 2 is 2.25 bits per heavy atom. The summed E-state index contributed by atoms with van der Waals surface area (Å²) in [5.74, 6) is 0.00505. The highest BCUT2D eigenvalue weighted by Gasteiger charge is 2.46. The van der Waals surface area contributed by atoms with Crippen molar-refractivity contribution in [1.82, 2.24) is 5.32 Å². The van der Waals surface area contributed by atoms with E-state index < -0.39 is 5.41 Å². The van der Waals surface area contributed by atoms with Crippen molar-refractivity contribution in [1.29, 1.82) is 0 Å². The van der Waals surface area contributed by atoms with Crippen LogP contribution in [-0.2, 0) is 14.9 Å². The van der Waals surface area contributed by atoms with E-state index in [9.17, 15) is 9.90 Å². The Balaban J connectivity index is 2.16. The van der Waals surface area contributed by atoms with Crippen molar-refractivity contribution in [3.8, 4) is 0 Å². The molecule has 1 unspecified atom stereocenters. The van der Waals surface area contributed by atoms with Crippen molar-refractivity contribution in [3.05, 3.63) is 35.4 Å². The summed E-state index contributed by atoms with van der Waals surface area (Å²) in [7, 11) is 1.56. The van der Waals surface area contributed by atoms with Gasteiger partial charge in [-0.3, -0.25) is 4.79 Å². The molecule has 20 heavy (non-hydrogen) atoms. The molecule has 0 spiro atoms. The van der Waals surface area contributed by atoms with Gasteiger partial charge in [0.1, 0.15) is 0 Å². The highest BCUT2D eigenvalue weighted by molar-refractivity contribution is 5.89. The molecular formula is C16H23NO3. The summed E-state index contributed by atoms with van der Waals surface area (Å²) in [6.07, 6.45) is 2.80. The molecule has 0 heterocycles.